The molecular formula is C28H27FN4O4. The summed E-state index contributed by atoms with van der Waals surface area (Å²) in [4.78, 5) is 22.8. The maximum absolute atomic E-state index is 13.5. The number of phenols is 1. The highest BCUT2D eigenvalue weighted by Crippen LogP contribution is 2.43. The van der Waals surface area contributed by atoms with Crippen LogP contribution in [0.3, 0.4) is 0 Å². The average molecular weight is 503 g/mol. The summed E-state index contributed by atoms with van der Waals surface area (Å²) in [6.07, 6.45) is 2.62. The van der Waals surface area contributed by atoms with E-state index in [1.807, 2.05) is 32.0 Å². The third kappa shape index (κ3) is 4.80. The molecule has 3 aromatic rings. The zero-order valence-electron chi connectivity index (χ0n) is 20.7. The number of phenolic OH excluding ortho intramolecular Hbond substituents is 1. The highest BCUT2D eigenvalue weighted by Gasteiger charge is 2.29. The molecule has 3 aromatic carbocycles. The largest absolute Gasteiger partial charge is 0.505 e. The smallest absolute Gasteiger partial charge is 0.338 e. The van der Waals surface area contributed by atoms with E-state index in [9.17, 15) is 19.1 Å². The second-order valence-electron chi connectivity index (χ2n) is 9.13. The molecule has 190 valence electrons. The van der Waals surface area contributed by atoms with Crippen molar-refractivity contribution >= 4 is 34.7 Å². The van der Waals surface area contributed by atoms with Crippen molar-refractivity contribution in [3.8, 4) is 16.9 Å². The van der Waals surface area contributed by atoms with Crippen LogP contribution >= 0.6 is 0 Å². The predicted octanol–water partition coefficient (Wildman–Crippen LogP) is 5.01. The van der Waals surface area contributed by atoms with E-state index in [1.165, 1.54) is 22.7 Å². The van der Waals surface area contributed by atoms with E-state index in [2.05, 4.69) is 5.10 Å². The molecule has 1 amide bonds. The number of carboxylic acid groups (broad SMARTS) is 1. The molecule has 1 heterocycles. The molecule has 0 aromatic heterocycles. The molecule has 0 saturated heterocycles. The van der Waals surface area contributed by atoms with Crippen LogP contribution in [0.2, 0.25) is 0 Å². The molecule has 0 radical (unpaired) electrons. The van der Waals surface area contributed by atoms with E-state index in [-0.39, 0.29) is 23.1 Å². The number of aromatic carboxylic acids is 1. The second-order valence-corrected chi connectivity index (χ2v) is 9.13. The highest BCUT2D eigenvalue weighted by molar-refractivity contribution is 6.70. The Morgan fingerprint density at radius 1 is 1.08 bits per heavy atom. The van der Waals surface area contributed by atoms with Crippen molar-refractivity contribution in [1.29, 1.82) is 5.41 Å². The fourth-order valence-corrected chi connectivity index (χ4v) is 4.45. The van der Waals surface area contributed by atoms with Gasteiger partial charge in [-0.3, -0.25) is 10.2 Å². The Labute approximate surface area is 213 Å². The minimum absolute atomic E-state index is 0.0294. The lowest BCUT2D eigenvalue weighted by Crippen LogP contribution is -2.26. The number of nitrogens with two attached hydrogens (primary N) is 1. The molecule has 37 heavy (non-hydrogen) atoms. The number of nitrogens with one attached hydrogen (secondary N) is 1. The van der Waals surface area contributed by atoms with Crippen LogP contribution in [0, 0.1) is 25.1 Å². The van der Waals surface area contributed by atoms with Crippen molar-refractivity contribution < 1.29 is 24.2 Å². The number of aryl methyl sites for hydroxylation is 3. The van der Waals surface area contributed by atoms with Crippen LogP contribution < -0.4 is 10.7 Å². The van der Waals surface area contributed by atoms with E-state index in [4.69, 9.17) is 16.2 Å². The summed E-state index contributed by atoms with van der Waals surface area (Å²) in [6, 6.07) is 11.3. The van der Waals surface area contributed by atoms with E-state index >= 15 is 0 Å². The molecule has 0 fully saturated rings. The van der Waals surface area contributed by atoms with Gasteiger partial charge in [0.05, 0.1) is 22.6 Å². The Bertz CT molecular complexity index is 1500. The minimum Gasteiger partial charge on any atom is -0.505 e. The minimum atomic E-state index is -1.34. The number of anilines is 2. The molecule has 0 unspecified atom stereocenters. The quantitative estimate of drug-likeness (QED) is 0.294. The Hall–Kier alpha value is -4.53. The van der Waals surface area contributed by atoms with Crippen molar-refractivity contribution in [2.75, 3.05) is 10.7 Å². The number of fused-ring (bicyclic) bond motifs is 1. The number of amides is 1. The standard InChI is InChI=1S/C16H14FNO3.C12H13N3O/c17-12-5-4-9(6-11(12)16(20)21)14-10-3-1-2-8(10)7-13(18)15(14)19;1-7-4-5-10(6-8(7)2)15-12(16)11(13)9(3)14-15/h4-7,19H,1-3,18H2,(H,20,21);4-6,13H,1-3H3. The summed E-state index contributed by atoms with van der Waals surface area (Å²) in [5, 5.41) is 32.1. The summed E-state index contributed by atoms with van der Waals surface area (Å²) in [7, 11) is 0. The molecule has 0 spiro atoms. The molecule has 0 atom stereocenters. The van der Waals surface area contributed by atoms with Gasteiger partial charge in [0.15, 0.2) is 0 Å². The van der Waals surface area contributed by atoms with Crippen molar-refractivity contribution in [3.05, 3.63) is 76.1 Å². The lowest BCUT2D eigenvalue weighted by molar-refractivity contribution is -0.112. The topological polar surface area (TPSA) is 140 Å². The molecule has 0 bridgehead atoms. The molecule has 5 rings (SSSR count). The number of nitrogen functional groups attached to an aromatic ring is 1. The molecule has 1 aliphatic carbocycles. The van der Waals surface area contributed by atoms with Crippen molar-refractivity contribution in [1.82, 2.24) is 0 Å². The SMILES string of the molecule is CC1=NN(c2ccc(C)c(C)c2)C(=O)C1=N.Nc1cc2c(c(-c3ccc(F)c(C(=O)O)c3)c1O)CCC2. The predicted molar refractivity (Wildman–Crippen MR) is 141 cm³/mol. The summed E-state index contributed by atoms with van der Waals surface area (Å²) in [5.74, 6) is -2.57. The van der Waals surface area contributed by atoms with Crippen LogP contribution in [0.5, 0.6) is 5.75 Å². The Morgan fingerprint density at radius 3 is 2.43 bits per heavy atom. The number of halogens is 1. The average Bonchev–Trinajstić information content (AvgIpc) is 3.42. The first kappa shape index (κ1) is 25.6. The van der Waals surface area contributed by atoms with Gasteiger partial charge in [-0.2, -0.15) is 10.1 Å². The van der Waals surface area contributed by atoms with E-state index in [0.717, 1.165) is 47.7 Å². The number of aromatic hydroxyl groups is 1. The summed E-state index contributed by atoms with van der Waals surface area (Å²) < 4.78 is 13.5. The van der Waals surface area contributed by atoms with Gasteiger partial charge in [-0.05, 0) is 98.2 Å². The van der Waals surface area contributed by atoms with E-state index in [1.54, 1.807) is 13.0 Å². The second kappa shape index (κ2) is 9.85. The summed E-state index contributed by atoms with van der Waals surface area (Å²) in [6.45, 7) is 5.67. The third-order valence-corrected chi connectivity index (χ3v) is 6.64. The van der Waals surface area contributed by atoms with Gasteiger partial charge in [0, 0.05) is 5.56 Å². The van der Waals surface area contributed by atoms with Crippen molar-refractivity contribution in [2.24, 2.45) is 5.10 Å². The molecular weight excluding hydrogens is 475 g/mol. The zero-order chi connectivity index (χ0) is 27.0. The summed E-state index contributed by atoms with van der Waals surface area (Å²) >= 11 is 0. The van der Waals surface area contributed by atoms with Crippen LogP contribution in [0.1, 0.15) is 46.0 Å². The molecule has 1 aliphatic heterocycles. The number of hydrogen-bond acceptors (Lipinski definition) is 6. The highest BCUT2D eigenvalue weighted by atomic mass is 19.1. The van der Waals surface area contributed by atoms with Crippen LogP contribution in [-0.4, -0.2) is 33.5 Å². The summed E-state index contributed by atoms with van der Waals surface area (Å²) in [5.41, 5.74) is 12.1. The lowest BCUT2D eigenvalue weighted by Gasteiger charge is -2.14. The van der Waals surface area contributed by atoms with Gasteiger partial charge in [0.25, 0.3) is 5.91 Å². The number of nitrogens with zero attached hydrogens (tertiary/aromatic N) is 2. The van der Waals surface area contributed by atoms with Gasteiger partial charge in [-0.15, -0.1) is 0 Å². The van der Waals surface area contributed by atoms with Crippen molar-refractivity contribution in [2.45, 2.75) is 40.0 Å². The monoisotopic (exact) mass is 502 g/mol. The first-order chi connectivity index (χ1) is 17.5. The van der Waals surface area contributed by atoms with Gasteiger partial charge in [0.1, 0.15) is 17.3 Å². The van der Waals surface area contributed by atoms with Gasteiger partial charge >= 0.3 is 5.97 Å². The maximum atomic E-state index is 13.5. The number of carbonyl (C=O) groups excluding carboxylic acids is 1. The molecule has 0 saturated carbocycles. The van der Waals surface area contributed by atoms with E-state index < -0.39 is 17.3 Å². The van der Waals surface area contributed by atoms with Crippen LogP contribution in [0.15, 0.2) is 47.6 Å². The van der Waals surface area contributed by atoms with E-state index in [0.29, 0.717) is 16.8 Å². The molecule has 9 heteroatoms. The number of rotatable bonds is 3. The first-order valence-corrected chi connectivity index (χ1v) is 11.7. The Balaban J connectivity index is 0.000000180. The first-order valence-electron chi connectivity index (χ1n) is 11.7. The number of benzene rings is 3. The van der Waals surface area contributed by atoms with Gasteiger partial charge in [-0.1, -0.05) is 12.1 Å². The Morgan fingerprint density at radius 2 is 1.81 bits per heavy atom. The lowest BCUT2D eigenvalue weighted by atomic mass is 9.93. The number of carbonyl (C=O) groups is 2. The van der Waals surface area contributed by atoms with Gasteiger partial charge in [-0.25, -0.2) is 9.18 Å². The molecule has 2 aliphatic rings. The van der Waals surface area contributed by atoms with Gasteiger partial charge < -0.3 is 15.9 Å². The number of hydrogen-bond donors (Lipinski definition) is 4. The fraction of sp³-hybridized carbons (Fsp3) is 0.214. The maximum Gasteiger partial charge on any atom is 0.338 e. The molecule has 8 nitrogen and oxygen atoms in total. The molecule has 5 N–H and O–H groups in total. The van der Waals surface area contributed by atoms with Crippen molar-refractivity contribution in [3.63, 3.8) is 0 Å². The number of carboxylic acids is 1. The zero-order valence-corrected chi connectivity index (χ0v) is 20.7. The van der Waals surface area contributed by atoms with Crippen LogP contribution in [0.4, 0.5) is 15.8 Å². The number of hydrazone groups is 1. The Kier molecular flexibility index (Phi) is 6.80. The fourth-order valence-electron chi connectivity index (χ4n) is 4.45. The van der Waals surface area contributed by atoms with Gasteiger partial charge in [0.2, 0.25) is 0 Å². The third-order valence-electron chi connectivity index (χ3n) is 6.64. The van der Waals surface area contributed by atoms with Crippen LogP contribution in [-0.2, 0) is 17.6 Å². The van der Waals surface area contributed by atoms with Crippen LogP contribution in [0.25, 0.3) is 11.1 Å². The normalized spacial score (nSPS) is 14.3.